The van der Waals surface area contributed by atoms with Crippen molar-refractivity contribution in [3.63, 3.8) is 0 Å². The smallest absolute Gasteiger partial charge is 0.303 e. The summed E-state index contributed by atoms with van der Waals surface area (Å²) < 4.78 is 23.4. The van der Waals surface area contributed by atoms with Gasteiger partial charge in [-0.3, -0.25) is 14.4 Å². The van der Waals surface area contributed by atoms with Crippen LogP contribution in [0.1, 0.15) is 53.8 Å². The molecule has 0 radical (unpaired) electrons. The standard InChI is InChI=1S/C26H30FN5O6/c1-15-29-20(11-22(30-15)26(35)28-13-17-4-5-19(27)24(10-17)36-3)21-12-23(38-31-21)18-6-8-32(9-7-18)25(34)14-37-16(2)33/h4-5,10-11,18,23H,6-9,12-14H2,1-3H3,(H,28,35). The Hall–Kier alpha value is -4.09. The molecule has 11 nitrogen and oxygen atoms in total. The first kappa shape index (κ1) is 27.0. The van der Waals surface area contributed by atoms with E-state index < -0.39 is 17.7 Å². The Kier molecular flexibility index (Phi) is 8.49. The summed E-state index contributed by atoms with van der Waals surface area (Å²) in [4.78, 5) is 52.0. The monoisotopic (exact) mass is 527 g/mol. The Labute approximate surface area is 219 Å². The molecule has 0 aliphatic carbocycles. The van der Waals surface area contributed by atoms with Crippen LogP contribution in [0.3, 0.4) is 0 Å². The first-order chi connectivity index (χ1) is 18.2. The molecule has 0 bridgehead atoms. The van der Waals surface area contributed by atoms with Crippen LogP contribution in [0.5, 0.6) is 5.75 Å². The Morgan fingerprint density at radius 2 is 1.95 bits per heavy atom. The summed E-state index contributed by atoms with van der Waals surface area (Å²) in [6.07, 6.45) is 1.85. The van der Waals surface area contributed by atoms with E-state index in [1.807, 2.05) is 0 Å². The third-order valence-electron chi connectivity index (χ3n) is 6.54. The van der Waals surface area contributed by atoms with Crippen LogP contribution in [0.25, 0.3) is 0 Å². The van der Waals surface area contributed by atoms with Gasteiger partial charge in [-0.25, -0.2) is 14.4 Å². The number of aromatic nitrogens is 2. The molecule has 38 heavy (non-hydrogen) atoms. The summed E-state index contributed by atoms with van der Waals surface area (Å²) in [7, 11) is 1.38. The van der Waals surface area contributed by atoms with Crippen molar-refractivity contribution in [1.29, 1.82) is 0 Å². The SMILES string of the molecule is COc1cc(CNC(=O)c2cc(C3=NOC(C4CCN(C(=O)COC(C)=O)CC4)C3)nc(C)n2)ccc1F. The van der Waals surface area contributed by atoms with Crippen molar-refractivity contribution in [2.24, 2.45) is 11.1 Å². The van der Waals surface area contributed by atoms with E-state index in [9.17, 15) is 18.8 Å². The molecule has 1 aromatic carbocycles. The van der Waals surface area contributed by atoms with E-state index in [1.54, 1.807) is 24.0 Å². The second-order valence-electron chi connectivity index (χ2n) is 9.22. The van der Waals surface area contributed by atoms with Crippen molar-refractivity contribution in [2.75, 3.05) is 26.8 Å². The number of rotatable bonds is 8. The van der Waals surface area contributed by atoms with E-state index in [4.69, 9.17) is 14.3 Å². The number of esters is 1. The summed E-state index contributed by atoms with van der Waals surface area (Å²) in [6, 6.07) is 5.96. The van der Waals surface area contributed by atoms with E-state index in [0.29, 0.717) is 42.3 Å². The maximum atomic E-state index is 13.6. The molecule has 2 aromatic rings. The van der Waals surface area contributed by atoms with Gasteiger partial charge in [0.2, 0.25) is 0 Å². The zero-order valence-corrected chi connectivity index (χ0v) is 21.5. The summed E-state index contributed by atoms with van der Waals surface area (Å²) in [5.41, 5.74) is 2.01. The largest absolute Gasteiger partial charge is 0.494 e. The van der Waals surface area contributed by atoms with Gasteiger partial charge in [-0.05, 0) is 43.5 Å². The Bertz CT molecular complexity index is 1240. The van der Waals surface area contributed by atoms with Crippen LogP contribution < -0.4 is 10.1 Å². The highest BCUT2D eigenvalue weighted by molar-refractivity contribution is 6.02. The fraction of sp³-hybridized carbons (Fsp3) is 0.462. The minimum atomic E-state index is -0.480. The minimum Gasteiger partial charge on any atom is -0.494 e. The number of carbonyl (C=O) groups excluding carboxylic acids is 3. The maximum absolute atomic E-state index is 13.6. The number of carbonyl (C=O) groups is 3. The number of likely N-dealkylation sites (tertiary alicyclic amines) is 1. The molecule has 1 fully saturated rings. The summed E-state index contributed by atoms with van der Waals surface area (Å²) in [5, 5.41) is 7.02. The Balaban J connectivity index is 1.32. The minimum absolute atomic E-state index is 0.102. The number of oxime groups is 1. The van der Waals surface area contributed by atoms with E-state index in [1.165, 1.54) is 26.2 Å². The van der Waals surface area contributed by atoms with Gasteiger partial charge in [0.05, 0.1) is 12.8 Å². The lowest BCUT2D eigenvalue weighted by Gasteiger charge is -2.33. The number of nitrogens with zero attached hydrogens (tertiary/aromatic N) is 4. The second kappa shape index (κ2) is 12.0. The van der Waals surface area contributed by atoms with Gasteiger partial charge in [-0.2, -0.15) is 0 Å². The van der Waals surface area contributed by atoms with Crippen molar-refractivity contribution in [3.05, 3.63) is 52.9 Å². The molecule has 2 amide bonds. The first-order valence-corrected chi connectivity index (χ1v) is 12.3. The van der Waals surface area contributed by atoms with Gasteiger partial charge in [0.1, 0.15) is 23.3 Å². The second-order valence-corrected chi connectivity index (χ2v) is 9.22. The number of amides is 2. The van der Waals surface area contributed by atoms with E-state index in [-0.39, 0.29) is 42.5 Å². The number of hydrogen-bond donors (Lipinski definition) is 1. The molecule has 4 rings (SSSR count). The van der Waals surface area contributed by atoms with Crippen molar-refractivity contribution in [1.82, 2.24) is 20.2 Å². The van der Waals surface area contributed by atoms with Crippen molar-refractivity contribution < 1.29 is 33.1 Å². The first-order valence-electron chi connectivity index (χ1n) is 12.3. The molecule has 12 heteroatoms. The number of nitrogens with one attached hydrogen (secondary N) is 1. The van der Waals surface area contributed by atoms with Crippen molar-refractivity contribution in [3.8, 4) is 5.75 Å². The van der Waals surface area contributed by atoms with Gasteiger partial charge in [0.15, 0.2) is 18.2 Å². The average molecular weight is 528 g/mol. The highest BCUT2D eigenvalue weighted by atomic mass is 19.1. The van der Waals surface area contributed by atoms with Gasteiger partial charge < -0.3 is 24.5 Å². The normalized spacial score (nSPS) is 17.4. The summed E-state index contributed by atoms with van der Waals surface area (Å²) in [5.74, 6) is -0.842. The number of benzene rings is 1. The number of aryl methyl sites for hydroxylation is 1. The fourth-order valence-corrected chi connectivity index (χ4v) is 4.49. The van der Waals surface area contributed by atoms with E-state index in [2.05, 4.69) is 20.4 Å². The van der Waals surface area contributed by atoms with Crippen LogP contribution >= 0.6 is 0 Å². The molecule has 2 aliphatic heterocycles. The Morgan fingerprint density at radius 3 is 2.66 bits per heavy atom. The third-order valence-corrected chi connectivity index (χ3v) is 6.54. The summed E-state index contributed by atoms with van der Waals surface area (Å²) in [6.45, 7) is 4.00. The highest BCUT2D eigenvalue weighted by Gasteiger charge is 2.34. The van der Waals surface area contributed by atoms with Crippen LogP contribution in [-0.2, 0) is 25.7 Å². The van der Waals surface area contributed by atoms with E-state index in [0.717, 1.165) is 12.8 Å². The molecule has 202 valence electrons. The van der Waals surface area contributed by atoms with E-state index >= 15 is 0 Å². The average Bonchev–Trinajstić information content (AvgIpc) is 3.41. The predicted octanol–water partition coefficient (Wildman–Crippen LogP) is 2.16. The van der Waals surface area contributed by atoms with Gasteiger partial charge in [0, 0.05) is 38.9 Å². The zero-order valence-electron chi connectivity index (χ0n) is 21.5. The number of halogens is 1. The Morgan fingerprint density at radius 1 is 1.18 bits per heavy atom. The van der Waals surface area contributed by atoms with Gasteiger partial charge in [-0.15, -0.1) is 0 Å². The van der Waals surface area contributed by atoms with Gasteiger partial charge in [0.25, 0.3) is 11.8 Å². The lowest BCUT2D eigenvalue weighted by atomic mass is 9.88. The predicted molar refractivity (Wildman–Crippen MR) is 133 cm³/mol. The molecular formula is C26H30FN5O6. The quantitative estimate of drug-likeness (QED) is 0.517. The van der Waals surface area contributed by atoms with Crippen molar-refractivity contribution in [2.45, 2.75) is 45.8 Å². The molecule has 0 saturated carbocycles. The van der Waals surface area contributed by atoms with Crippen LogP contribution in [0.4, 0.5) is 4.39 Å². The molecule has 1 unspecified atom stereocenters. The van der Waals surface area contributed by atoms with Crippen molar-refractivity contribution >= 4 is 23.5 Å². The number of piperidine rings is 1. The number of hydrogen-bond acceptors (Lipinski definition) is 9. The van der Waals surface area contributed by atoms with Crippen LogP contribution in [-0.4, -0.2) is 71.3 Å². The highest BCUT2D eigenvalue weighted by Crippen LogP contribution is 2.29. The lowest BCUT2D eigenvalue weighted by molar-refractivity contribution is -0.151. The lowest BCUT2D eigenvalue weighted by Crippen LogP contribution is -2.43. The van der Waals surface area contributed by atoms with Crippen LogP contribution in [0.2, 0.25) is 0 Å². The molecule has 1 N–H and O–H groups in total. The molecule has 1 saturated heterocycles. The molecular weight excluding hydrogens is 497 g/mol. The van der Waals surface area contributed by atoms with Gasteiger partial charge in [-0.1, -0.05) is 11.2 Å². The third kappa shape index (κ3) is 6.61. The number of methoxy groups -OCH3 is 1. The molecule has 1 atom stereocenters. The van der Waals surface area contributed by atoms with Crippen LogP contribution in [0.15, 0.2) is 29.4 Å². The molecule has 0 spiro atoms. The topological polar surface area (TPSA) is 132 Å². The molecule has 1 aromatic heterocycles. The number of ether oxygens (including phenoxy) is 2. The molecule has 3 heterocycles. The maximum Gasteiger partial charge on any atom is 0.303 e. The molecule has 2 aliphatic rings. The fourth-order valence-electron chi connectivity index (χ4n) is 4.49. The van der Waals surface area contributed by atoms with Crippen LogP contribution in [0, 0.1) is 18.7 Å². The zero-order chi connectivity index (χ0) is 27.2. The summed E-state index contributed by atoms with van der Waals surface area (Å²) >= 11 is 0. The van der Waals surface area contributed by atoms with Gasteiger partial charge >= 0.3 is 5.97 Å².